The van der Waals surface area contributed by atoms with Crippen LogP contribution in [0.25, 0.3) is 11.2 Å². The molecule has 1 aliphatic carbocycles. The summed E-state index contributed by atoms with van der Waals surface area (Å²) in [5.74, 6) is 0.627. The fourth-order valence-corrected chi connectivity index (χ4v) is 4.79. The van der Waals surface area contributed by atoms with E-state index in [1.165, 1.54) is 21.7 Å². The molecule has 1 fully saturated rings. The van der Waals surface area contributed by atoms with E-state index in [2.05, 4.69) is 15.1 Å². The van der Waals surface area contributed by atoms with Crippen molar-refractivity contribution in [1.29, 1.82) is 0 Å². The van der Waals surface area contributed by atoms with E-state index in [-0.39, 0.29) is 23.5 Å². The van der Waals surface area contributed by atoms with Crippen LogP contribution in [0.3, 0.4) is 0 Å². The van der Waals surface area contributed by atoms with Crippen LogP contribution in [-0.4, -0.2) is 37.2 Å². The number of imidazole rings is 1. The number of carbonyl (C=O) groups excluding carboxylic acids is 1. The summed E-state index contributed by atoms with van der Waals surface area (Å²) < 4.78 is 22.0. The number of aromatic amines is 1. The van der Waals surface area contributed by atoms with Crippen molar-refractivity contribution in [1.82, 2.24) is 24.3 Å². The molecule has 0 saturated heterocycles. The van der Waals surface area contributed by atoms with E-state index in [9.17, 15) is 18.8 Å². The fourth-order valence-electron chi connectivity index (χ4n) is 4.79. The largest absolute Gasteiger partial charge is 0.361 e. The molecular weight excluding hydrogens is 515 g/mol. The van der Waals surface area contributed by atoms with Crippen molar-refractivity contribution in [2.75, 3.05) is 11.9 Å². The van der Waals surface area contributed by atoms with Crippen molar-refractivity contribution in [3.63, 3.8) is 0 Å². The van der Waals surface area contributed by atoms with Gasteiger partial charge in [0, 0.05) is 31.3 Å². The van der Waals surface area contributed by atoms with E-state index >= 15 is 0 Å². The molecule has 1 saturated carbocycles. The Kier molecular flexibility index (Phi) is 6.41. The first-order valence-corrected chi connectivity index (χ1v) is 13.0. The van der Waals surface area contributed by atoms with E-state index in [4.69, 9.17) is 4.52 Å². The van der Waals surface area contributed by atoms with Crippen LogP contribution < -0.4 is 16.1 Å². The van der Waals surface area contributed by atoms with Crippen LogP contribution >= 0.6 is 0 Å². The maximum atomic E-state index is 14.4. The smallest absolute Gasteiger partial charge is 0.333 e. The Hall–Kier alpha value is -4.80. The average Bonchev–Trinajstić information content (AvgIpc) is 3.52. The van der Waals surface area contributed by atoms with Gasteiger partial charge < -0.3 is 14.4 Å². The zero-order valence-corrected chi connectivity index (χ0v) is 22.1. The van der Waals surface area contributed by atoms with Crippen LogP contribution in [0.4, 0.5) is 10.1 Å². The van der Waals surface area contributed by atoms with Crippen LogP contribution in [0.1, 0.15) is 45.9 Å². The zero-order chi connectivity index (χ0) is 28.0. The molecule has 2 aromatic carbocycles. The van der Waals surface area contributed by atoms with E-state index in [0.29, 0.717) is 47.4 Å². The van der Waals surface area contributed by atoms with Crippen molar-refractivity contribution in [3.05, 3.63) is 110 Å². The average molecular weight is 543 g/mol. The molecule has 3 heterocycles. The molecule has 10 nitrogen and oxygen atoms in total. The lowest BCUT2D eigenvalue weighted by Gasteiger charge is -2.17. The number of nitrogens with zero attached hydrogens (tertiary/aromatic N) is 5. The van der Waals surface area contributed by atoms with E-state index in [1.54, 1.807) is 32.2 Å². The Morgan fingerprint density at radius 3 is 2.55 bits per heavy atom. The number of hydrogen-bond donors (Lipinski definition) is 1. The highest BCUT2D eigenvalue weighted by molar-refractivity contribution is 6.06. The Balaban J connectivity index is 1.30. The van der Waals surface area contributed by atoms with Gasteiger partial charge in [-0.1, -0.05) is 35.5 Å². The molecule has 0 spiro atoms. The van der Waals surface area contributed by atoms with Crippen LogP contribution in [0.5, 0.6) is 0 Å². The molecule has 0 bridgehead atoms. The number of aromatic nitrogens is 5. The van der Waals surface area contributed by atoms with Gasteiger partial charge in [-0.05, 0) is 49.4 Å². The van der Waals surface area contributed by atoms with E-state index in [1.807, 2.05) is 24.3 Å². The van der Waals surface area contributed by atoms with Crippen molar-refractivity contribution < 1.29 is 13.7 Å². The van der Waals surface area contributed by atoms with Gasteiger partial charge >= 0.3 is 5.69 Å². The second kappa shape index (κ2) is 10.1. The zero-order valence-electron chi connectivity index (χ0n) is 22.1. The second-order valence-electron chi connectivity index (χ2n) is 10.2. The van der Waals surface area contributed by atoms with Crippen LogP contribution in [0.15, 0.2) is 68.8 Å². The number of halogens is 1. The Bertz CT molecular complexity index is 1850. The third-order valence-corrected chi connectivity index (χ3v) is 7.32. The van der Waals surface area contributed by atoms with Gasteiger partial charge in [0.15, 0.2) is 5.65 Å². The highest BCUT2D eigenvalue weighted by Crippen LogP contribution is 2.30. The van der Waals surface area contributed by atoms with Gasteiger partial charge in [-0.3, -0.25) is 18.7 Å². The first-order chi connectivity index (χ1) is 19.3. The molecule has 1 amide bonds. The number of hydrogen-bond acceptors (Lipinski definition) is 6. The molecule has 0 aliphatic heterocycles. The summed E-state index contributed by atoms with van der Waals surface area (Å²) >= 11 is 0. The number of carbonyl (C=O) groups is 1. The molecule has 1 N–H and O–H groups in total. The SMILES string of the molecule is Cc1oncc1C(=O)N(C)c1ccc(Cc2nc3c([nH]2)c(=O)n(Cc2ccccc2F)c(=O)n3CC2CC2)cc1. The lowest BCUT2D eigenvalue weighted by Crippen LogP contribution is -2.40. The molecule has 6 rings (SSSR count). The minimum atomic E-state index is -0.534. The van der Waals surface area contributed by atoms with Gasteiger partial charge in [0.05, 0.1) is 12.7 Å². The summed E-state index contributed by atoms with van der Waals surface area (Å²) in [7, 11) is 1.68. The van der Waals surface area contributed by atoms with Crippen LogP contribution in [0.2, 0.25) is 0 Å². The van der Waals surface area contributed by atoms with Gasteiger partial charge in [-0.15, -0.1) is 0 Å². The fraction of sp³-hybridized carbons (Fsp3) is 0.276. The topological polar surface area (TPSA) is 119 Å². The molecule has 0 unspecified atom stereocenters. The minimum Gasteiger partial charge on any atom is -0.361 e. The maximum Gasteiger partial charge on any atom is 0.333 e. The summed E-state index contributed by atoms with van der Waals surface area (Å²) in [6.45, 7) is 1.97. The summed E-state index contributed by atoms with van der Waals surface area (Å²) in [6, 6.07) is 13.5. The monoisotopic (exact) mass is 542 g/mol. The molecule has 0 atom stereocenters. The predicted molar refractivity (Wildman–Crippen MR) is 146 cm³/mol. The number of benzene rings is 2. The highest BCUT2D eigenvalue weighted by Gasteiger charge is 2.26. The number of fused-ring (bicyclic) bond motifs is 1. The molecule has 5 aromatic rings. The maximum absolute atomic E-state index is 14.4. The third kappa shape index (κ3) is 4.74. The van der Waals surface area contributed by atoms with Crippen molar-refractivity contribution in [2.45, 2.75) is 39.3 Å². The Morgan fingerprint density at radius 1 is 1.12 bits per heavy atom. The molecular formula is C29H27FN6O4. The van der Waals surface area contributed by atoms with Gasteiger partial charge in [0.2, 0.25) is 0 Å². The molecule has 1 aliphatic rings. The van der Waals surface area contributed by atoms with E-state index < -0.39 is 17.1 Å². The molecule has 0 radical (unpaired) electrons. The molecule has 204 valence electrons. The van der Waals surface area contributed by atoms with Crippen molar-refractivity contribution >= 4 is 22.8 Å². The predicted octanol–water partition coefficient (Wildman–Crippen LogP) is 3.65. The Morgan fingerprint density at radius 2 is 1.88 bits per heavy atom. The first kappa shape index (κ1) is 25.5. The van der Waals surface area contributed by atoms with Crippen LogP contribution in [-0.2, 0) is 19.5 Å². The molecule has 11 heteroatoms. The number of amides is 1. The lowest BCUT2D eigenvalue weighted by atomic mass is 10.1. The Labute approximate surface area is 227 Å². The number of anilines is 1. The normalized spacial score (nSPS) is 13.2. The second-order valence-corrected chi connectivity index (χ2v) is 10.2. The van der Waals surface area contributed by atoms with E-state index in [0.717, 1.165) is 23.0 Å². The number of H-pyrrole nitrogens is 1. The highest BCUT2D eigenvalue weighted by atomic mass is 19.1. The van der Waals surface area contributed by atoms with Gasteiger partial charge in [0.25, 0.3) is 11.5 Å². The summed E-state index contributed by atoms with van der Waals surface area (Å²) in [4.78, 5) is 48.9. The summed E-state index contributed by atoms with van der Waals surface area (Å²) in [5, 5.41) is 3.67. The quantitative estimate of drug-likeness (QED) is 0.320. The van der Waals surface area contributed by atoms with Gasteiger partial charge in [0.1, 0.15) is 28.5 Å². The van der Waals surface area contributed by atoms with Gasteiger partial charge in [-0.2, -0.15) is 0 Å². The van der Waals surface area contributed by atoms with Crippen LogP contribution in [0, 0.1) is 18.7 Å². The number of nitrogens with one attached hydrogen (secondary N) is 1. The first-order valence-electron chi connectivity index (χ1n) is 13.0. The lowest BCUT2D eigenvalue weighted by molar-refractivity contribution is 0.0991. The molecule has 3 aromatic heterocycles. The number of aryl methyl sites for hydroxylation is 1. The molecule has 40 heavy (non-hydrogen) atoms. The van der Waals surface area contributed by atoms with Crippen molar-refractivity contribution in [2.24, 2.45) is 5.92 Å². The van der Waals surface area contributed by atoms with Crippen molar-refractivity contribution in [3.8, 4) is 0 Å². The minimum absolute atomic E-state index is 0.165. The summed E-state index contributed by atoms with van der Waals surface area (Å²) in [6.07, 6.45) is 3.80. The standard InChI is InChI=1S/C29H27FN6O4/c1-17-22(14-31-40-17)27(37)34(2)21-11-9-18(10-12-21)13-24-32-25-26(33-24)35(15-19-7-8-19)29(39)36(28(25)38)16-20-5-3-4-6-23(20)30/h3-6,9-12,14,19H,7-8,13,15-16H2,1-2H3,(H,32,33). The number of rotatable bonds is 8. The summed E-state index contributed by atoms with van der Waals surface area (Å²) in [5.41, 5.74) is 1.75. The third-order valence-electron chi connectivity index (χ3n) is 7.32. The van der Waals surface area contributed by atoms with Gasteiger partial charge in [-0.25, -0.2) is 14.2 Å².